The van der Waals surface area contributed by atoms with E-state index in [1.54, 1.807) is 18.2 Å². The molecular formula is C20H22FN3O3S. The molecule has 0 saturated heterocycles. The summed E-state index contributed by atoms with van der Waals surface area (Å²) in [4.78, 5) is 24.0. The minimum absolute atomic E-state index is 0.0797. The molecule has 0 radical (unpaired) electrons. The predicted octanol–water partition coefficient (Wildman–Crippen LogP) is 4.09. The first-order valence-electron chi connectivity index (χ1n) is 8.78. The summed E-state index contributed by atoms with van der Waals surface area (Å²) in [5, 5.41) is 8.29. The fraction of sp³-hybridized carbons (Fsp3) is 0.250. The van der Waals surface area contributed by atoms with Crippen LogP contribution in [0.3, 0.4) is 0 Å². The van der Waals surface area contributed by atoms with Gasteiger partial charge in [0.15, 0.2) is 5.11 Å². The highest BCUT2D eigenvalue weighted by Gasteiger charge is 2.11. The lowest BCUT2D eigenvalue weighted by Crippen LogP contribution is -2.34. The molecule has 0 heterocycles. The quantitative estimate of drug-likeness (QED) is 0.607. The van der Waals surface area contributed by atoms with E-state index in [1.807, 2.05) is 6.92 Å². The smallest absolute Gasteiger partial charge is 0.257 e. The summed E-state index contributed by atoms with van der Waals surface area (Å²) in [5.74, 6) is -0.499. The maximum Gasteiger partial charge on any atom is 0.257 e. The van der Waals surface area contributed by atoms with Crippen LogP contribution in [-0.4, -0.2) is 24.0 Å². The molecule has 2 rings (SSSR count). The third-order valence-electron chi connectivity index (χ3n) is 3.82. The van der Waals surface area contributed by atoms with Gasteiger partial charge in [-0.1, -0.05) is 13.3 Å². The van der Waals surface area contributed by atoms with Crippen molar-refractivity contribution in [1.82, 2.24) is 5.32 Å². The Kier molecular flexibility index (Phi) is 7.88. The molecule has 0 spiro atoms. The van der Waals surface area contributed by atoms with Crippen molar-refractivity contribution in [2.24, 2.45) is 0 Å². The van der Waals surface area contributed by atoms with Gasteiger partial charge in [-0.05, 0) is 55.0 Å². The lowest BCUT2D eigenvalue weighted by atomic mass is 10.2. The number of unbranched alkanes of at least 4 members (excludes halogenated alkanes) is 1. The van der Waals surface area contributed by atoms with Gasteiger partial charge < -0.3 is 15.4 Å². The zero-order valence-electron chi connectivity index (χ0n) is 15.7. The van der Waals surface area contributed by atoms with Crippen LogP contribution in [0, 0.1) is 5.82 Å². The van der Waals surface area contributed by atoms with Crippen LogP contribution in [0.1, 0.15) is 36.5 Å². The van der Waals surface area contributed by atoms with Crippen molar-refractivity contribution in [3.05, 3.63) is 53.8 Å². The van der Waals surface area contributed by atoms with Gasteiger partial charge >= 0.3 is 0 Å². The summed E-state index contributed by atoms with van der Waals surface area (Å²) in [6.07, 6.45) is 2.20. The van der Waals surface area contributed by atoms with Gasteiger partial charge in [0, 0.05) is 23.7 Å². The number of nitrogens with one attached hydrogen (secondary N) is 3. The van der Waals surface area contributed by atoms with Crippen molar-refractivity contribution < 1.29 is 18.7 Å². The van der Waals surface area contributed by atoms with Crippen molar-refractivity contribution >= 4 is 40.5 Å². The Balaban J connectivity index is 1.99. The van der Waals surface area contributed by atoms with Crippen LogP contribution in [0.2, 0.25) is 0 Å². The van der Waals surface area contributed by atoms with Crippen LogP contribution >= 0.6 is 12.2 Å². The van der Waals surface area contributed by atoms with Gasteiger partial charge in [-0.15, -0.1) is 0 Å². The average molecular weight is 403 g/mol. The van der Waals surface area contributed by atoms with Crippen molar-refractivity contribution in [2.45, 2.75) is 26.2 Å². The second-order valence-corrected chi connectivity index (χ2v) is 6.39. The Hall–Kier alpha value is -3.00. The lowest BCUT2D eigenvalue weighted by molar-refractivity contribution is -0.116. The number of hydrogen-bond acceptors (Lipinski definition) is 4. The number of carbonyl (C=O) groups is 2. The molecule has 0 aromatic heterocycles. The van der Waals surface area contributed by atoms with E-state index in [0.29, 0.717) is 23.5 Å². The van der Waals surface area contributed by atoms with E-state index >= 15 is 0 Å². The van der Waals surface area contributed by atoms with Crippen molar-refractivity contribution in [3.63, 3.8) is 0 Å². The maximum absolute atomic E-state index is 12.9. The Morgan fingerprint density at radius 1 is 1.11 bits per heavy atom. The molecule has 2 amide bonds. The van der Waals surface area contributed by atoms with E-state index in [2.05, 4.69) is 16.0 Å². The molecule has 0 fully saturated rings. The summed E-state index contributed by atoms with van der Waals surface area (Å²) in [5.41, 5.74) is 1.41. The van der Waals surface area contributed by atoms with Crippen LogP contribution in [0.25, 0.3) is 0 Å². The minimum atomic E-state index is -0.454. The fourth-order valence-corrected chi connectivity index (χ4v) is 2.57. The molecule has 6 nitrogen and oxygen atoms in total. The first-order valence-corrected chi connectivity index (χ1v) is 9.19. The number of thiocarbonyl (C=S) groups is 1. The number of hydrogen-bond donors (Lipinski definition) is 3. The molecular weight excluding hydrogens is 381 g/mol. The third-order valence-corrected chi connectivity index (χ3v) is 4.03. The van der Waals surface area contributed by atoms with Gasteiger partial charge in [-0.25, -0.2) is 4.39 Å². The third kappa shape index (κ3) is 6.31. The van der Waals surface area contributed by atoms with Gasteiger partial charge in [0.05, 0.1) is 12.8 Å². The number of halogens is 1. The van der Waals surface area contributed by atoms with Crippen LogP contribution in [0.15, 0.2) is 42.5 Å². The van der Waals surface area contributed by atoms with E-state index in [1.165, 1.54) is 31.4 Å². The van der Waals surface area contributed by atoms with Crippen molar-refractivity contribution in [1.29, 1.82) is 0 Å². The summed E-state index contributed by atoms with van der Waals surface area (Å²) in [7, 11) is 1.50. The normalized spacial score (nSPS) is 10.1. The average Bonchev–Trinajstić information content (AvgIpc) is 2.67. The number of rotatable bonds is 7. The molecule has 3 N–H and O–H groups in total. The number of methoxy groups -OCH3 is 1. The van der Waals surface area contributed by atoms with Gasteiger partial charge in [0.1, 0.15) is 11.6 Å². The zero-order chi connectivity index (χ0) is 20.5. The number of benzene rings is 2. The molecule has 0 aliphatic rings. The molecule has 8 heteroatoms. The summed E-state index contributed by atoms with van der Waals surface area (Å²) in [6.45, 7) is 2.02. The first kappa shape index (κ1) is 21.3. The summed E-state index contributed by atoms with van der Waals surface area (Å²) < 4.78 is 18.3. The Morgan fingerprint density at radius 2 is 1.82 bits per heavy atom. The second-order valence-electron chi connectivity index (χ2n) is 5.98. The van der Waals surface area contributed by atoms with Gasteiger partial charge in [0.25, 0.3) is 5.91 Å². The van der Waals surface area contributed by atoms with Gasteiger partial charge in [-0.2, -0.15) is 0 Å². The van der Waals surface area contributed by atoms with E-state index in [9.17, 15) is 14.0 Å². The molecule has 0 unspecified atom stereocenters. The summed E-state index contributed by atoms with van der Waals surface area (Å²) in [6, 6.07) is 10.2. The Morgan fingerprint density at radius 3 is 2.46 bits per heavy atom. The fourth-order valence-electron chi connectivity index (χ4n) is 2.36. The topological polar surface area (TPSA) is 79.5 Å². The SMILES string of the molecule is CCCCC(=O)Nc1ccc(NC(=S)NC(=O)c2ccc(F)cc2)cc1OC. The van der Waals surface area contributed by atoms with Crippen molar-refractivity contribution in [3.8, 4) is 5.75 Å². The number of anilines is 2. The van der Waals surface area contributed by atoms with Gasteiger partial charge in [-0.3, -0.25) is 14.9 Å². The molecule has 28 heavy (non-hydrogen) atoms. The minimum Gasteiger partial charge on any atom is -0.494 e. The summed E-state index contributed by atoms with van der Waals surface area (Å²) >= 11 is 5.14. The molecule has 0 saturated carbocycles. The highest BCUT2D eigenvalue weighted by atomic mass is 32.1. The maximum atomic E-state index is 12.9. The lowest BCUT2D eigenvalue weighted by Gasteiger charge is -2.14. The highest BCUT2D eigenvalue weighted by Crippen LogP contribution is 2.28. The van der Waals surface area contributed by atoms with Crippen molar-refractivity contribution in [2.75, 3.05) is 17.7 Å². The monoisotopic (exact) mass is 403 g/mol. The van der Waals surface area contributed by atoms with E-state index in [-0.39, 0.29) is 16.6 Å². The van der Waals surface area contributed by atoms with E-state index in [4.69, 9.17) is 17.0 Å². The standard InChI is InChI=1S/C20H22FN3O3S/c1-3-4-5-18(25)23-16-11-10-15(12-17(16)27-2)22-20(28)24-19(26)13-6-8-14(21)9-7-13/h6-12H,3-5H2,1-2H3,(H,23,25)(H2,22,24,26,28). The molecule has 0 atom stereocenters. The van der Waals surface area contributed by atoms with E-state index < -0.39 is 11.7 Å². The van der Waals surface area contributed by atoms with Crippen LogP contribution in [-0.2, 0) is 4.79 Å². The van der Waals surface area contributed by atoms with Crippen LogP contribution in [0.5, 0.6) is 5.75 Å². The molecule has 2 aromatic carbocycles. The van der Waals surface area contributed by atoms with Crippen LogP contribution < -0.4 is 20.7 Å². The Labute approximate surface area is 168 Å². The largest absolute Gasteiger partial charge is 0.494 e. The second kappa shape index (κ2) is 10.4. The zero-order valence-corrected chi connectivity index (χ0v) is 16.5. The highest BCUT2D eigenvalue weighted by molar-refractivity contribution is 7.80. The molecule has 148 valence electrons. The number of ether oxygens (including phenoxy) is 1. The van der Waals surface area contributed by atoms with Gasteiger partial charge in [0.2, 0.25) is 5.91 Å². The molecule has 0 aliphatic carbocycles. The predicted molar refractivity (Wildman–Crippen MR) is 111 cm³/mol. The van der Waals surface area contributed by atoms with Crippen LogP contribution in [0.4, 0.5) is 15.8 Å². The molecule has 0 bridgehead atoms. The number of amides is 2. The Bertz CT molecular complexity index is 856. The van der Waals surface area contributed by atoms with E-state index in [0.717, 1.165) is 12.8 Å². The molecule has 2 aromatic rings. The first-order chi connectivity index (χ1) is 13.4. The molecule has 0 aliphatic heterocycles. The number of carbonyl (C=O) groups excluding carboxylic acids is 2.